The van der Waals surface area contributed by atoms with E-state index in [0.29, 0.717) is 5.69 Å². The van der Waals surface area contributed by atoms with Gasteiger partial charge in [-0.1, -0.05) is 0 Å². The average Bonchev–Trinajstić information content (AvgIpc) is 3.40. The highest BCUT2D eigenvalue weighted by Crippen LogP contribution is 2.31. The van der Waals surface area contributed by atoms with Gasteiger partial charge in [0.2, 0.25) is 5.91 Å². The monoisotopic (exact) mass is 395 g/mol. The van der Waals surface area contributed by atoms with Crippen molar-refractivity contribution in [3.63, 3.8) is 0 Å². The van der Waals surface area contributed by atoms with E-state index in [1.165, 1.54) is 0 Å². The van der Waals surface area contributed by atoms with E-state index in [1.54, 1.807) is 24.8 Å². The number of H-pyrrole nitrogens is 2. The molecule has 0 bridgehead atoms. The van der Waals surface area contributed by atoms with Gasteiger partial charge in [0.05, 0.1) is 40.5 Å². The Kier molecular flexibility index (Phi) is 3.64. The SMILES string of the molecule is O=C(Nc1cncc(-c2ccc3[nH]nc(-c4cc5ccncc5[nH]4)c3n2)c1)C1CC1. The minimum absolute atomic E-state index is 0.0581. The Morgan fingerprint density at radius 1 is 1.03 bits per heavy atom. The molecule has 0 radical (unpaired) electrons. The number of pyridine rings is 3. The van der Waals surface area contributed by atoms with E-state index in [0.717, 1.165) is 57.4 Å². The molecular weight excluding hydrogens is 378 g/mol. The van der Waals surface area contributed by atoms with Gasteiger partial charge in [0.25, 0.3) is 0 Å². The topological polar surface area (TPSA) is 112 Å². The van der Waals surface area contributed by atoms with E-state index in [-0.39, 0.29) is 11.8 Å². The van der Waals surface area contributed by atoms with Gasteiger partial charge in [-0.25, -0.2) is 4.98 Å². The largest absolute Gasteiger partial charge is 0.352 e. The van der Waals surface area contributed by atoms with Crippen molar-refractivity contribution < 1.29 is 4.79 Å². The highest BCUT2D eigenvalue weighted by atomic mass is 16.2. The van der Waals surface area contributed by atoms with Crippen LogP contribution in [0.25, 0.3) is 44.6 Å². The first-order valence-corrected chi connectivity index (χ1v) is 9.79. The Morgan fingerprint density at radius 2 is 1.97 bits per heavy atom. The molecule has 1 aliphatic carbocycles. The third-order valence-corrected chi connectivity index (χ3v) is 5.34. The summed E-state index contributed by atoms with van der Waals surface area (Å²) in [6, 6.07) is 9.76. The Balaban J connectivity index is 1.40. The quantitative estimate of drug-likeness (QED) is 0.427. The molecule has 0 spiro atoms. The number of hydrogen-bond acceptors (Lipinski definition) is 5. The third kappa shape index (κ3) is 2.89. The predicted octanol–water partition coefficient (Wildman–Crippen LogP) is 3.91. The average molecular weight is 395 g/mol. The number of fused-ring (bicyclic) bond motifs is 2. The van der Waals surface area contributed by atoms with Gasteiger partial charge in [-0.2, -0.15) is 5.10 Å². The maximum Gasteiger partial charge on any atom is 0.227 e. The van der Waals surface area contributed by atoms with Gasteiger partial charge in [-0.05, 0) is 43.2 Å². The first-order chi connectivity index (χ1) is 14.7. The van der Waals surface area contributed by atoms with Crippen LogP contribution >= 0.6 is 0 Å². The van der Waals surface area contributed by atoms with E-state index in [9.17, 15) is 4.79 Å². The number of aromatic amines is 2. The summed E-state index contributed by atoms with van der Waals surface area (Å²) in [4.78, 5) is 28.7. The molecule has 6 rings (SSSR count). The fourth-order valence-electron chi connectivity index (χ4n) is 3.59. The van der Waals surface area contributed by atoms with E-state index in [1.807, 2.05) is 30.3 Å². The molecule has 1 fully saturated rings. The van der Waals surface area contributed by atoms with E-state index in [2.05, 4.69) is 30.5 Å². The summed E-state index contributed by atoms with van der Waals surface area (Å²) in [5.74, 6) is 0.200. The second-order valence-corrected chi connectivity index (χ2v) is 7.54. The van der Waals surface area contributed by atoms with Crippen LogP contribution in [0.4, 0.5) is 5.69 Å². The molecule has 3 N–H and O–H groups in total. The van der Waals surface area contributed by atoms with Crippen molar-refractivity contribution in [1.29, 1.82) is 0 Å². The van der Waals surface area contributed by atoms with Gasteiger partial charge >= 0.3 is 0 Å². The van der Waals surface area contributed by atoms with Crippen molar-refractivity contribution in [2.75, 3.05) is 5.32 Å². The molecule has 1 amide bonds. The van der Waals surface area contributed by atoms with Crippen molar-refractivity contribution in [2.24, 2.45) is 5.92 Å². The molecule has 0 atom stereocenters. The summed E-state index contributed by atoms with van der Waals surface area (Å²) in [6.07, 6.45) is 8.88. The minimum atomic E-state index is 0.0581. The van der Waals surface area contributed by atoms with Gasteiger partial charge in [-0.15, -0.1) is 0 Å². The van der Waals surface area contributed by atoms with E-state index < -0.39 is 0 Å². The zero-order valence-corrected chi connectivity index (χ0v) is 15.9. The Morgan fingerprint density at radius 3 is 2.83 bits per heavy atom. The summed E-state index contributed by atoms with van der Waals surface area (Å²) >= 11 is 0. The zero-order chi connectivity index (χ0) is 20.1. The first kappa shape index (κ1) is 16.8. The smallest absolute Gasteiger partial charge is 0.227 e. The molecule has 30 heavy (non-hydrogen) atoms. The first-order valence-electron chi connectivity index (χ1n) is 9.79. The molecule has 8 heteroatoms. The number of nitrogens with zero attached hydrogens (tertiary/aromatic N) is 4. The van der Waals surface area contributed by atoms with Crippen LogP contribution in [-0.2, 0) is 4.79 Å². The number of hydrogen-bond donors (Lipinski definition) is 3. The summed E-state index contributed by atoms with van der Waals surface area (Å²) in [6.45, 7) is 0. The van der Waals surface area contributed by atoms with Gasteiger partial charge in [-0.3, -0.25) is 19.9 Å². The molecule has 1 aliphatic rings. The normalized spacial score (nSPS) is 13.7. The lowest BCUT2D eigenvalue weighted by Gasteiger charge is -2.06. The van der Waals surface area contributed by atoms with Crippen molar-refractivity contribution >= 4 is 33.5 Å². The molecule has 0 saturated heterocycles. The van der Waals surface area contributed by atoms with Crippen LogP contribution in [0.15, 0.2) is 55.1 Å². The summed E-state index contributed by atoms with van der Waals surface area (Å²) in [7, 11) is 0. The van der Waals surface area contributed by atoms with Crippen LogP contribution in [0.5, 0.6) is 0 Å². The lowest BCUT2D eigenvalue weighted by molar-refractivity contribution is -0.117. The summed E-state index contributed by atoms with van der Waals surface area (Å²) in [5.41, 5.74) is 6.45. The molecule has 0 unspecified atom stereocenters. The van der Waals surface area contributed by atoms with Crippen LogP contribution in [0.1, 0.15) is 12.8 Å². The lowest BCUT2D eigenvalue weighted by Crippen LogP contribution is -2.13. The van der Waals surface area contributed by atoms with Gasteiger partial charge < -0.3 is 10.3 Å². The minimum Gasteiger partial charge on any atom is -0.352 e. The number of nitrogens with one attached hydrogen (secondary N) is 3. The van der Waals surface area contributed by atoms with Gasteiger partial charge in [0, 0.05) is 29.3 Å². The van der Waals surface area contributed by atoms with Crippen molar-refractivity contribution in [2.45, 2.75) is 12.8 Å². The number of anilines is 1. The van der Waals surface area contributed by atoms with Crippen LogP contribution in [-0.4, -0.2) is 36.0 Å². The zero-order valence-electron chi connectivity index (χ0n) is 15.9. The Hall–Kier alpha value is -4.07. The highest BCUT2D eigenvalue weighted by molar-refractivity contribution is 5.95. The maximum atomic E-state index is 12.1. The van der Waals surface area contributed by atoms with Crippen molar-refractivity contribution in [3.05, 3.63) is 55.1 Å². The Bertz CT molecular complexity index is 1380. The molecule has 1 saturated carbocycles. The number of aromatic nitrogens is 6. The standard InChI is InChI=1S/C22H17N7O/c30-22(12-1-2-12)25-15-7-14(9-24-10-15)16-3-4-17-20(27-16)21(29-28-17)18-8-13-5-6-23-11-19(13)26-18/h3-12,26H,1-2H2,(H,25,30)(H,28,29). The molecule has 0 aliphatic heterocycles. The van der Waals surface area contributed by atoms with E-state index in [4.69, 9.17) is 4.98 Å². The predicted molar refractivity (Wildman–Crippen MR) is 114 cm³/mol. The Labute approximate surface area is 170 Å². The molecule has 5 aromatic rings. The molecule has 5 heterocycles. The molecule has 146 valence electrons. The van der Waals surface area contributed by atoms with Crippen LogP contribution < -0.4 is 5.32 Å². The van der Waals surface area contributed by atoms with Crippen LogP contribution in [0.2, 0.25) is 0 Å². The fourth-order valence-corrected chi connectivity index (χ4v) is 3.59. The van der Waals surface area contributed by atoms with Crippen LogP contribution in [0.3, 0.4) is 0 Å². The molecule has 0 aromatic carbocycles. The number of amides is 1. The van der Waals surface area contributed by atoms with Gasteiger partial charge in [0.15, 0.2) is 0 Å². The van der Waals surface area contributed by atoms with Crippen molar-refractivity contribution in [3.8, 4) is 22.6 Å². The fraction of sp³-hybridized carbons (Fsp3) is 0.136. The van der Waals surface area contributed by atoms with Crippen molar-refractivity contribution in [1.82, 2.24) is 30.1 Å². The number of carbonyl (C=O) groups is 1. The third-order valence-electron chi connectivity index (χ3n) is 5.34. The lowest BCUT2D eigenvalue weighted by atomic mass is 10.1. The summed E-state index contributed by atoms with van der Waals surface area (Å²) < 4.78 is 0. The molecule has 8 nitrogen and oxygen atoms in total. The summed E-state index contributed by atoms with van der Waals surface area (Å²) in [5, 5.41) is 11.5. The highest BCUT2D eigenvalue weighted by Gasteiger charge is 2.29. The van der Waals surface area contributed by atoms with Crippen LogP contribution in [0, 0.1) is 5.92 Å². The van der Waals surface area contributed by atoms with Gasteiger partial charge in [0.1, 0.15) is 11.2 Å². The molecular formula is C22H17N7O. The maximum absolute atomic E-state index is 12.1. The second kappa shape index (κ2) is 6.48. The number of carbonyl (C=O) groups excluding carboxylic acids is 1. The molecule has 5 aromatic heterocycles. The van der Waals surface area contributed by atoms with E-state index >= 15 is 0 Å². The second-order valence-electron chi connectivity index (χ2n) is 7.54. The number of rotatable bonds is 4.